The summed E-state index contributed by atoms with van der Waals surface area (Å²) in [5, 5.41) is 0.793. The fourth-order valence-electron chi connectivity index (χ4n) is 1.88. The number of rotatable bonds is 4. The van der Waals surface area contributed by atoms with Gasteiger partial charge >= 0.3 is 5.97 Å². The largest absolute Gasteiger partial charge is 0.458 e. The molecule has 5 heteroatoms. The average molecular weight is 374 g/mol. The van der Waals surface area contributed by atoms with Crippen molar-refractivity contribution in [1.29, 1.82) is 0 Å². The number of ether oxygens (including phenoxy) is 1. The van der Waals surface area contributed by atoms with E-state index in [9.17, 15) is 4.79 Å². The summed E-state index contributed by atoms with van der Waals surface area (Å²) in [4.78, 5) is 16.2. The summed E-state index contributed by atoms with van der Waals surface area (Å²) in [5.74, 6) is -0.373. The van der Waals surface area contributed by atoms with Crippen LogP contribution in [0, 0.1) is 0 Å². The monoisotopic (exact) mass is 373 g/mol. The number of aromatic nitrogens is 1. The van der Waals surface area contributed by atoms with Crippen LogP contribution in [0.4, 0.5) is 0 Å². The molecular weight excluding hydrogens is 362 g/mol. The van der Waals surface area contributed by atoms with Crippen LogP contribution in [0.15, 0.2) is 59.1 Å². The fraction of sp³-hybridized carbons (Fsp3) is 0.0588. The van der Waals surface area contributed by atoms with Crippen molar-refractivity contribution in [3.05, 3.63) is 69.7 Å². The third-order valence-electron chi connectivity index (χ3n) is 2.97. The van der Waals surface area contributed by atoms with Crippen LogP contribution < -0.4 is 0 Å². The van der Waals surface area contributed by atoms with Crippen LogP contribution in [-0.4, -0.2) is 11.0 Å². The van der Waals surface area contributed by atoms with E-state index in [1.165, 1.54) is 6.08 Å². The van der Waals surface area contributed by atoms with Gasteiger partial charge in [0.15, 0.2) is 0 Å². The van der Waals surface area contributed by atoms with Crippen LogP contribution in [0.1, 0.15) is 10.6 Å². The zero-order chi connectivity index (χ0) is 15.4. The second-order valence-corrected chi connectivity index (χ2v) is 6.57. The SMILES string of the molecule is O=C(/C=C/c1nc2ccccc2s1)OCc1ccc(Br)cc1. The van der Waals surface area contributed by atoms with Gasteiger partial charge in [-0.2, -0.15) is 0 Å². The minimum absolute atomic E-state index is 0.260. The predicted octanol–water partition coefficient (Wildman–Crippen LogP) is 4.82. The van der Waals surface area contributed by atoms with E-state index in [0.717, 1.165) is 25.3 Å². The molecule has 0 N–H and O–H groups in total. The Morgan fingerprint density at radius 2 is 1.95 bits per heavy atom. The van der Waals surface area contributed by atoms with Crippen LogP contribution >= 0.6 is 27.3 Å². The highest BCUT2D eigenvalue weighted by atomic mass is 79.9. The van der Waals surface area contributed by atoms with E-state index >= 15 is 0 Å². The number of benzene rings is 2. The second-order valence-electron chi connectivity index (χ2n) is 4.59. The Labute approximate surface area is 140 Å². The van der Waals surface area contributed by atoms with Crippen molar-refractivity contribution in [1.82, 2.24) is 4.98 Å². The lowest BCUT2D eigenvalue weighted by molar-refractivity contribution is -0.138. The number of thiazole rings is 1. The summed E-state index contributed by atoms with van der Waals surface area (Å²) in [5.41, 5.74) is 1.89. The van der Waals surface area contributed by atoms with Crippen molar-refractivity contribution in [2.24, 2.45) is 0 Å². The molecule has 3 rings (SSSR count). The number of carbonyl (C=O) groups excluding carboxylic acids is 1. The number of para-hydroxylation sites is 1. The Hall–Kier alpha value is -1.98. The van der Waals surface area contributed by atoms with Gasteiger partial charge in [0.25, 0.3) is 0 Å². The van der Waals surface area contributed by atoms with Crippen LogP contribution in [-0.2, 0) is 16.1 Å². The molecule has 0 aliphatic carbocycles. The zero-order valence-electron chi connectivity index (χ0n) is 11.5. The summed E-state index contributed by atoms with van der Waals surface area (Å²) in [7, 11) is 0. The molecule has 110 valence electrons. The summed E-state index contributed by atoms with van der Waals surface area (Å²) in [6.45, 7) is 0.260. The number of halogens is 1. The Morgan fingerprint density at radius 1 is 1.18 bits per heavy atom. The number of esters is 1. The molecule has 0 saturated carbocycles. The lowest BCUT2D eigenvalue weighted by Gasteiger charge is -2.01. The van der Waals surface area contributed by atoms with Crippen molar-refractivity contribution in [3.8, 4) is 0 Å². The molecule has 0 fully saturated rings. The lowest BCUT2D eigenvalue weighted by atomic mass is 10.2. The molecule has 0 bridgehead atoms. The second kappa shape index (κ2) is 6.85. The van der Waals surface area contributed by atoms with Crippen LogP contribution in [0.5, 0.6) is 0 Å². The molecule has 0 aliphatic rings. The zero-order valence-corrected chi connectivity index (χ0v) is 13.9. The molecule has 0 aliphatic heterocycles. The first-order valence-electron chi connectivity index (χ1n) is 6.65. The Morgan fingerprint density at radius 3 is 2.73 bits per heavy atom. The molecule has 0 spiro atoms. The van der Waals surface area contributed by atoms with Gasteiger partial charge in [0, 0.05) is 10.5 Å². The van der Waals surface area contributed by atoms with Crippen molar-refractivity contribution >= 4 is 49.5 Å². The highest BCUT2D eigenvalue weighted by molar-refractivity contribution is 9.10. The van der Waals surface area contributed by atoms with Crippen LogP contribution in [0.3, 0.4) is 0 Å². The summed E-state index contributed by atoms with van der Waals surface area (Å²) < 4.78 is 7.30. The van der Waals surface area contributed by atoms with Crippen LogP contribution in [0.25, 0.3) is 16.3 Å². The summed E-state index contributed by atoms with van der Waals surface area (Å²) in [6.07, 6.45) is 3.10. The number of hydrogen-bond donors (Lipinski definition) is 0. The molecule has 1 heterocycles. The van der Waals surface area contributed by atoms with Crippen molar-refractivity contribution in [3.63, 3.8) is 0 Å². The van der Waals surface area contributed by atoms with Gasteiger partial charge in [-0.3, -0.25) is 0 Å². The van der Waals surface area contributed by atoms with Gasteiger partial charge in [0.05, 0.1) is 10.2 Å². The topological polar surface area (TPSA) is 39.2 Å². The van der Waals surface area contributed by atoms with E-state index < -0.39 is 0 Å². The van der Waals surface area contributed by atoms with Gasteiger partial charge in [-0.25, -0.2) is 9.78 Å². The molecule has 3 nitrogen and oxygen atoms in total. The normalized spacial score (nSPS) is 11.1. The Balaban J connectivity index is 1.59. The standard InChI is InChI=1S/C17H12BrNO2S/c18-13-7-5-12(6-8-13)11-21-17(20)10-9-16-19-14-3-1-2-4-15(14)22-16/h1-10H,11H2/b10-9+. The van der Waals surface area contributed by atoms with Crippen molar-refractivity contribution in [2.75, 3.05) is 0 Å². The van der Waals surface area contributed by atoms with E-state index in [2.05, 4.69) is 20.9 Å². The first-order chi connectivity index (χ1) is 10.7. The summed E-state index contributed by atoms with van der Waals surface area (Å²) in [6, 6.07) is 15.5. The number of carbonyl (C=O) groups is 1. The van der Waals surface area contributed by atoms with E-state index in [1.807, 2.05) is 48.5 Å². The van der Waals surface area contributed by atoms with Crippen molar-refractivity contribution in [2.45, 2.75) is 6.61 Å². The average Bonchev–Trinajstić information content (AvgIpc) is 2.95. The maximum atomic E-state index is 11.7. The quantitative estimate of drug-likeness (QED) is 0.486. The molecule has 0 radical (unpaired) electrons. The first kappa shape index (κ1) is 14.9. The van der Waals surface area contributed by atoms with E-state index in [0.29, 0.717) is 0 Å². The van der Waals surface area contributed by atoms with Gasteiger partial charge in [0.2, 0.25) is 0 Å². The Bertz CT molecular complexity index is 791. The van der Waals surface area contributed by atoms with Gasteiger partial charge in [-0.1, -0.05) is 40.2 Å². The van der Waals surface area contributed by atoms with Crippen molar-refractivity contribution < 1.29 is 9.53 Å². The highest BCUT2D eigenvalue weighted by Gasteiger charge is 2.02. The van der Waals surface area contributed by atoms with E-state index in [1.54, 1.807) is 17.4 Å². The Kier molecular flexibility index (Phi) is 4.65. The molecular formula is C17H12BrNO2S. The molecule has 0 amide bonds. The van der Waals surface area contributed by atoms with Gasteiger partial charge in [-0.15, -0.1) is 11.3 Å². The lowest BCUT2D eigenvalue weighted by Crippen LogP contribution is -2.00. The van der Waals surface area contributed by atoms with Crippen LogP contribution in [0.2, 0.25) is 0 Å². The molecule has 0 saturated heterocycles. The number of fused-ring (bicyclic) bond motifs is 1. The highest BCUT2D eigenvalue weighted by Crippen LogP contribution is 2.22. The smallest absolute Gasteiger partial charge is 0.331 e. The number of hydrogen-bond acceptors (Lipinski definition) is 4. The third kappa shape index (κ3) is 3.81. The minimum Gasteiger partial charge on any atom is -0.458 e. The van der Waals surface area contributed by atoms with E-state index in [4.69, 9.17) is 4.74 Å². The summed E-state index contributed by atoms with van der Waals surface area (Å²) >= 11 is 4.91. The molecule has 0 unspecified atom stereocenters. The molecule has 3 aromatic rings. The molecule has 2 aromatic carbocycles. The minimum atomic E-state index is -0.373. The van der Waals surface area contributed by atoms with Gasteiger partial charge in [-0.05, 0) is 35.9 Å². The maximum absolute atomic E-state index is 11.7. The third-order valence-corrected chi connectivity index (χ3v) is 4.50. The number of nitrogens with zero attached hydrogens (tertiary/aromatic N) is 1. The first-order valence-corrected chi connectivity index (χ1v) is 8.26. The maximum Gasteiger partial charge on any atom is 0.331 e. The molecule has 1 aromatic heterocycles. The van der Waals surface area contributed by atoms with Gasteiger partial charge < -0.3 is 4.74 Å². The predicted molar refractivity (Wildman–Crippen MR) is 92.6 cm³/mol. The van der Waals surface area contributed by atoms with E-state index in [-0.39, 0.29) is 12.6 Å². The molecule has 0 atom stereocenters. The molecule has 22 heavy (non-hydrogen) atoms. The fourth-order valence-corrected chi connectivity index (χ4v) is 3.02. The van der Waals surface area contributed by atoms with Gasteiger partial charge in [0.1, 0.15) is 11.6 Å².